The van der Waals surface area contributed by atoms with E-state index in [0.717, 1.165) is 19.4 Å². The van der Waals surface area contributed by atoms with Crippen LogP contribution in [0.25, 0.3) is 0 Å². The smallest absolute Gasteiger partial charge is 0.355 e. The summed E-state index contributed by atoms with van der Waals surface area (Å²) in [5.41, 5.74) is 1.19. The molecule has 126 valence electrons. The molecule has 0 aliphatic carbocycles. The van der Waals surface area contributed by atoms with Crippen LogP contribution < -0.4 is 5.32 Å². The summed E-state index contributed by atoms with van der Waals surface area (Å²) in [7, 11) is 0. The van der Waals surface area contributed by atoms with Crippen molar-refractivity contribution in [3.05, 3.63) is 35.9 Å². The maximum absolute atomic E-state index is 12.3. The fourth-order valence-corrected chi connectivity index (χ4v) is 3.91. The van der Waals surface area contributed by atoms with E-state index >= 15 is 0 Å². The predicted molar refractivity (Wildman–Crippen MR) is 80.7 cm³/mol. The van der Waals surface area contributed by atoms with Gasteiger partial charge in [0.25, 0.3) is 0 Å². The molecule has 0 unspecified atom stereocenters. The quantitative estimate of drug-likeness (QED) is 0.921. The first-order valence-electron chi connectivity index (χ1n) is 8.11. The van der Waals surface area contributed by atoms with Crippen molar-refractivity contribution >= 4 is 5.91 Å². The molecule has 0 saturated carbocycles. The number of nitrogens with zero attached hydrogens (tertiary/aromatic N) is 1. The lowest BCUT2D eigenvalue weighted by molar-refractivity contribution is -0.136. The molecular formula is C17H21F3N2O. The molecule has 2 saturated heterocycles. The highest BCUT2D eigenvalue weighted by molar-refractivity contribution is 5.80. The van der Waals surface area contributed by atoms with Gasteiger partial charge < -0.3 is 5.32 Å². The van der Waals surface area contributed by atoms with Crippen LogP contribution >= 0.6 is 0 Å². The summed E-state index contributed by atoms with van der Waals surface area (Å²) in [6.07, 6.45) is -2.52. The average molecular weight is 326 g/mol. The molecule has 3 rings (SSSR count). The third kappa shape index (κ3) is 3.68. The maximum atomic E-state index is 12.3. The normalized spacial score (nSPS) is 27.9. The number of rotatable bonds is 4. The zero-order chi connectivity index (χ0) is 16.4. The Bertz CT molecular complexity index is 547. The summed E-state index contributed by atoms with van der Waals surface area (Å²) in [5.74, 6) is -0.444. The Kier molecular flexibility index (Phi) is 4.62. The van der Waals surface area contributed by atoms with Crippen LogP contribution in [0.2, 0.25) is 0 Å². The van der Waals surface area contributed by atoms with Crippen molar-refractivity contribution in [2.45, 2.75) is 43.9 Å². The monoisotopic (exact) mass is 326 g/mol. The first kappa shape index (κ1) is 16.3. The van der Waals surface area contributed by atoms with Gasteiger partial charge in [0.1, 0.15) is 0 Å². The van der Waals surface area contributed by atoms with Crippen molar-refractivity contribution in [3.63, 3.8) is 0 Å². The van der Waals surface area contributed by atoms with E-state index in [2.05, 4.69) is 22.3 Å². The molecule has 0 bridgehead atoms. The molecule has 6 heteroatoms. The van der Waals surface area contributed by atoms with Crippen molar-refractivity contribution in [1.82, 2.24) is 10.2 Å². The van der Waals surface area contributed by atoms with Crippen LogP contribution in [0.1, 0.15) is 37.3 Å². The Morgan fingerprint density at radius 3 is 2.70 bits per heavy atom. The second kappa shape index (κ2) is 6.51. The van der Waals surface area contributed by atoms with E-state index < -0.39 is 12.6 Å². The second-order valence-corrected chi connectivity index (χ2v) is 6.37. The minimum atomic E-state index is -4.23. The first-order valence-corrected chi connectivity index (χ1v) is 8.11. The van der Waals surface area contributed by atoms with Crippen molar-refractivity contribution < 1.29 is 18.0 Å². The fraction of sp³-hybridized carbons (Fsp3) is 0.588. The van der Waals surface area contributed by atoms with Crippen LogP contribution in [0, 0.1) is 5.92 Å². The number of carbonyl (C=O) groups excluding carboxylic acids is 1. The van der Waals surface area contributed by atoms with Gasteiger partial charge in [-0.1, -0.05) is 30.3 Å². The SMILES string of the molecule is O=C(NCCC(F)(F)F)[C@H]1C[C@@H](c2ccccc2)N2CCC[C@H]12. The molecule has 3 atom stereocenters. The first-order chi connectivity index (χ1) is 11.0. The number of fused-ring (bicyclic) bond motifs is 1. The third-order valence-electron chi connectivity index (χ3n) is 4.91. The Balaban J connectivity index is 1.65. The summed E-state index contributed by atoms with van der Waals surface area (Å²) < 4.78 is 36.7. The maximum Gasteiger partial charge on any atom is 0.390 e. The summed E-state index contributed by atoms with van der Waals surface area (Å²) in [5, 5.41) is 2.48. The summed E-state index contributed by atoms with van der Waals surface area (Å²) in [4.78, 5) is 14.7. The van der Waals surface area contributed by atoms with Crippen LogP contribution in [0.5, 0.6) is 0 Å². The van der Waals surface area contributed by atoms with E-state index in [1.54, 1.807) is 0 Å². The van der Waals surface area contributed by atoms with E-state index in [-0.39, 0.29) is 30.5 Å². The Hall–Kier alpha value is -1.56. The summed E-state index contributed by atoms with van der Waals surface area (Å²) >= 11 is 0. The number of carbonyl (C=O) groups is 1. The second-order valence-electron chi connectivity index (χ2n) is 6.37. The molecule has 0 aromatic heterocycles. The zero-order valence-electron chi connectivity index (χ0n) is 12.9. The zero-order valence-corrected chi connectivity index (χ0v) is 12.9. The number of hydrogen-bond acceptors (Lipinski definition) is 2. The minimum absolute atomic E-state index is 0.158. The molecule has 1 aromatic rings. The molecule has 3 nitrogen and oxygen atoms in total. The Labute approximate surface area is 133 Å². The van der Waals surface area contributed by atoms with Crippen molar-refractivity contribution in [2.24, 2.45) is 5.92 Å². The van der Waals surface area contributed by atoms with E-state index in [1.807, 2.05) is 18.2 Å². The number of halogens is 3. The van der Waals surface area contributed by atoms with Crippen LogP contribution in [0.4, 0.5) is 13.2 Å². The Morgan fingerprint density at radius 2 is 2.00 bits per heavy atom. The molecule has 2 aliphatic heterocycles. The van der Waals surface area contributed by atoms with E-state index in [4.69, 9.17) is 0 Å². The van der Waals surface area contributed by atoms with E-state index in [0.29, 0.717) is 6.42 Å². The molecule has 0 spiro atoms. The molecular weight excluding hydrogens is 305 g/mol. The number of alkyl halides is 3. The topological polar surface area (TPSA) is 32.3 Å². The lowest BCUT2D eigenvalue weighted by Gasteiger charge is -2.24. The molecule has 23 heavy (non-hydrogen) atoms. The molecule has 1 aromatic carbocycles. The van der Waals surface area contributed by atoms with Crippen LogP contribution in [0.3, 0.4) is 0 Å². The standard InChI is InChI=1S/C17H21F3N2O/c18-17(19,20)8-9-21-16(23)13-11-15(12-5-2-1-3-6-12)22-10-4-7-14(13)22/h1-3,5-6,13-15H,4,7-11H2,(H,21,23)/t13-,14+,15-/m0/s1. The lowest BCUT2D eigenvalue weighted by atomic mass is 9.93. The molecule has 1 amide bonds. The molecule has 2 aliphatic rings. The van der Waals surface area contributed by atoms with Gasteiger partial charge >= 0.3 is 6.18 Å². The van der Waals surface area contributed by atoms with Gasteiger partial charge in [-0.2, -0.15) is 13.2 Å². The average Bonchev–Trinajstić information content (AvgIpc) is 3.08. The van der Waals surface area contributed by atoms with E-state index in [9.17, 15) is 18.0 Å². The summed E-state index contributed by atoms with van der Waals surface area (Å²) in [6.45, 7) is 0.623. The van der Waals surface area contributed by atoms with Crippen LogP contribution in [0.15, 0.2) is 30.3 Å². The van der Waals surface area contributed by atoms with Crippen molar-refractivity contribution in [3.8, 4) is 0 Å². The van der Waals surface area contributed by atoms with Crippen LogP contribution in [-0.4, -0.2) is 36.1 Å². The molecule has 2 heterocycles. The fourth-order valence-electron chi connectivity index (χ4n) is 3.91. The number of benzene rings is 1. The number of hydrogen-bond donors (Lipinski definition) is 1. The summed E-state index contributed by atoms with van der Waals surface area (Å²) in [6, 6.07) is 10.4. The minimum Gasteiger partial charge on any atom is -0.355 e. The third-order valence-corrected chi connectivity index (χ3v) is 4.91. The molecule has 1 N–H and O–H groups in total. The molecule has 2 fully saturated rings. The van der Waals surface area contributed by atoms with Gasteiger partial charge in [0.2, 0.25) is 5.91 Å². The van der Waals surface area contributed by atoms with Gasteiger partial charge in [0.05, 0.1) is 12.3 Å². The van der Waals surface area contributed by atoms with E-state index in [1.165, 1.54) is 5.56 Å². The van der Waals surface area contributed by atoms with Crippen molar-refractivity contribution in [2.75, 3.05) is 13.1 Å². The van der Waals surface area contributed by atoms with Gasteiger partial charge in [-0.15, -0.1) is 0 Å². The van der Waals surface area contributed by atoms with Crippen molar-refractivity contribution in [1.29, 1.82) is 0 Å². The van der Waals surface area contributed by atoms with Gasteiger partial charge in [0.15, 0.2) is 0 Å². The highest BCUT2D eigenvalue weighted by atomic mass is 19.4. The largest absolute Gasteiger partial charge is 0.390 e. The predicted octanol–water partition coefficient (Wildman–Crippen LogP) is 3.28. The highest BCUT2D eigenvalue weighted by Crippen LogP contribution is 2.44. The Morgan fingerprint density at radius 1 is 1.26 bits per heavy atom. The highest BCUT2D eigenvalue weighted by Gasteiger charge is 2.47. The lowest BCUT2D eigenvalue weighted by Crippen LogP contribution is -2.38. The van der Waals surface area contributed by atoms with Gasteiger partial charge in [-0.05, 0) is 31.4 Å². The molecule has 0 radical (unpaired) electrons. The number of amides is 1. The van der Waals surface area contributed by atoms with Gasteiger partial charge in [-0.3, -0.25) is 9.69 Å². The van der Waals surface area contributed by atoms with Gasteiger partial charge in [0, 0.05) is 18.6 Å². The van der Waals surface area contributed by atoms with Gasteiger partial charge in [-0.25, -0.2) is 0 Å². The number of nitrogens with one attached hydrogen (secondary N) is 1. The van der Waals surface area contributed by atoms with Crippen LogP contribution in [-0.2, 0) is 4.79 Å².